The smallest absolute Gasteiger partial charge is 0.0658 e. The van der Waals surface area contributed by atoms with Crippen LogP contribution in [0, 0.1) is 0 Å². The number of para-hydroxylation sites is 1. The van der Waals surface area contributed by atoms with Gasteiger partial charge in [0.2, 0.25) is 0 Å². The summed E-state index contributed by atoms with van der Waals surface area (Å²) in [6.45, 7) is 4.52. The monoisotopic (exact) mass is 400 g/mol. The zero-order valence-corrected chi connectivity index (χ0v) is 15.1. The summed E-state index contributed by atoms with van der Waals surface area (Å²) in [7, 11) is 0. The van der Waals surface area contributed by atoms with Crippen LogP contribution in [0.5, 0.6) is 0 Å². The predicted molar refractivity (Wildman–Crippen MR) is 92.5 cm³/mol. The van der Waals surface area contributed by atoms with Crippen LogP contribution in [0.1, 0.15) is 39.0 Å². The molecule has 20 heavy (non-hydrogen) atoms. The zero-order chi connectivity index (χ0) is 14.2. The summed E-state index contributed by atoms with van der Waals surface area (Å²) in [6, 6.07) is 6.97. The minimum absolute atomic E-state index is 0.348. The van der Waals surface area contributed by atoms with Crippen molar-refractivity contribution in [1.82, 2.24) is 5.32 Å². The highest BCUT2D eigenvalue weighted by Gasteiger charge is 2.41. The fourth-order valence-electron chi connectivity index (χ4n) is 3.73. The van der Waals surface area contributed by atoms with Crippen LogP contribution in [-0.4, -0.2) is 24.7 Å². The third-order valence-electron chi connectivity index (χ3n) is 4.88. The Bertz CT molecular complexity index is 463. The van der Waals surface area contributed by atoms with Crippen molar-refractivity contribution < 1.29 is 0 Å². The van der Waals surface area contributed by atoms with Crippen LogP contribution >= 0.6 is 31.9 Å². The van der Waals surface area contributed by atoms with Crippen LogP contribution < -0.4 is 10.2 Å². The van der Waals surface area contributed by atoms with Gasteiger partial charge in [-0.2, -0.15) is 0 Å². The fraction of sp³-hybridized carbons (Fsp3) is 0.625. The van der Waals surface area contributed by atoms with Gasteiger partial charge in [-0.1, -0.05) is 25.8 Å². The Morgan fingerprint density at radius 3 is 2.50 bits per heavy atom. The minimum atomic E-state index is 0.348. The Morgan fingerprint density at radius 2 is 1.90 bits per heavy atom. The number of nitrogens with one attached hydrogen (secondary N) is 1. The number of hydrogen-bond acceptors (Lipinski definition) is 2. The molecule has 3 rings (SSSR count). The molecule has 1 saturated carbocycles. The van der Waals surface area contributed by atoms with Crippen LogP contribution in [0.4, 0.5) is 5.69 Å². The van der Waals surface area contributed by atoms with Crippen molar-refractivity contribution >= 4 is 37.5 Å². The molecule has 2 nitrogen and oxygen atoms in total. The summed E-state index contributed by atoms with van der Waals surface area (Å²) in [5.74, 6) is 0. The Balaban J connectivity index is 1.95. The van der Waals surface area contributed by atoms with Crippen LogP contribution in [0.15, 0.2) is 27.1 Å². The second-order valence-electron chi connectivity index (χ2n) is 6.13. The van der Waals surface area contributed by atoms with E-state index in [0.29, 0.717) is 11.6 Å². The van der Waals surface area contributed by atoms with Gasteiger partial charge < -0.3 is 10.2 Å². The number of hydrogen-bond donors (Lipinski definition) is 1. The van der Waals surface area contributed by atoms with Gasteiger partial charge in [0.15, 0.2) is 0 Å². The first-order valence-corrected chi connectivity index (χ1v) is 9.19. The molecule has 1 heterocycles. The SMILES string of the molecule is CCC1CNC2(CCCC2)CN1c1c(Br)cccc1Br. The average molecular weight is 402 g/mol. The summed E-state index contributed by atoms with van der Waals surface area (Å²) < 4.78 is 2.39. The van der Waals surface area contributed by atoms with Gasteiger partial charge in [-0.25, -0.2) is 0 Å². The Hall–Kier alpha value is -0.0600. The van der Waals surface area contributed by atoms with E-state index in [-0.39, 0.29) is 0 Å². The van der Waals surface area contributed by atoms with Gasteiger partial charge in [0, 0.05) is 33.6 Å². The van der Waals surface area contributed by atoms with Gasteiger partial charge in [-0.05, 0) is 63.3 Å². The highest BCUT2D eigenvalue weighted by molar-refractivity contribution is 9.11. The maximum absolute atomic E-state index is 3.86. The second kappa shape index (κ2) is 5.98. The highest BCUT2D eigenvalue weighted by Crippen LogP contribution is 2.40. The summed E-state index contributed by atoms with van der Waals surface area (Å²) in [6.07, 6.45) is 6.56. The van der Waals surface area contributed by atoms with E-state index in [1.54, 1.807) is 0 Å². The first kappa shape index (κ1) is 14.9. The van der Waals surface area contributed by atoms with Gasteiger partial charge in [0.25, 0.3) is 0 Å². The van der Waals surface area contributed by atoms with Gasteiger partial charge in [-0.15, -0.1) is 0 Å². The molecule has 1 unspecified atom stereocenters. The van der Waals surface area contributed by atoms with Crippen molar-refractivity contribution in [3.8, 4) is 0 Å². The van der Waals surface area contributed by atoms with E-state index in [4.69, 9.17) is 0 Å². The first-order valence-electron chi connectivity index (χ1n) is 7.61. The third kappa shape index (κ3) is 2.67. The normalized spacial score (nSPS) is 25.4. The van der Waals surface area contributed by atoms with E-state index < -0.39 is 0 Å². The Morgan fingerprint density at radius 1 is 1.25 bits per heavy atom. The number of benzene rings is 1. The molecule has 1 aliphatic heterocycles. The van der Waals surface area contributed by atoms with E-state index in [2.05, 4.69) is 67.2 Å². The average Bonchev–Trinajstić information content (AvgIpc) is 2.87. The molecule has 110 valence electrons. The molecule has 0 bridgehead atoms. The molecule has 1 aromatic carbocycles. The number of nitrogens with zero attached hydrogens (tertiary/aromatic N) is 1. The molecule has 1 aliphatic carbocycles. The van der Waals surface area contributed by atoms with Crippen LogP contribution in [-0.2, 0) is 0 Å². The van der Waals surface area contributed by atoms with Crippen molar-refractivity contribution in [3.63, 3.8) is 0 Å². The van der Waals surface area contributed by atoms with Crippen LogP contribution in [0.2, 0.25) is 0 Å². The Labute approximate surface area is 138 Å². The van der Waals surface area contributed by atoms with Gasteiger partial charge in [0.1, 0.15) is 0 Å². The molecule has 0 radical (unpaired) electrons. The lowest BCUT2D eigenvalue weighted by atomic mass is 9.91. The highest BCUT2D eigenvalue weighted by atomic mass is 79.9. The largest absolute Gasteiger partial charge is 0.364 e. The summed E-state index contributed by atoms with van der Waals surface area (Å²) in [5.41, 5.74) is 1.67. The fourth-order valence-corrected chi connectivity index (χ4v) is 5.19. The number of piperazine rings is 1. The summed E-state index contributed by atoms with van der Waals surface area (Å²) in [4.78, 5) is 2.62. The summed E-state index contributed by atoms with van der Waals surface area (Å²) in [5, 5.41) is 3.86. The second-order valence-corrected chi connectivity index (χ2v) is 7.84. The lowest BCUT2D eigenvalue weighted by molar-refractivity contribution is 0.267. The van der Waals surface area contributed by atoms with Gasteiger partial charge in [-0.3, -0.25) is 0 Å². The van der Waals surface area contributed by atoms with Gasteiger partial charge >= 0.3 is 0 Å². The predicted octanol–water partition coefficient (Wildman–Crippen LogP) is 4.71. The molecule has 1 atom stereocenters. The lowest BCUT2D eigenvalue weighted by Crippen LogP contribution is -2.63. The van der Waals surface area contributed by atoms with Gasteiger partial charge in [0.05, 0.1) is 5.69 Å². The third-order valence-corrected chi connectivity index (χ3v) is 6.16. The van der Waals surface area contributed by atoms with E-state index in [0.717, 1.165) is 13.1 Å². The van der Waals surface area contributed by atoms with E-state index in [1.165, 1.54) is 46.7 Å². The molecule has 0 aromatic heterocycles. The molecule has 1 aromatic rings. The van der Waals surface area contributed by atoms with Crippen LogP contribution in [0.25, 0.3) is 0 Å². The van der Waals surface area contributed by atoms with E-state index in [9.17, 15) is 0 Å². The molecule has 0 amide bonds. The number of anilines is 1. The molecule has 1 N–H and O–H groups in total. The lowest BCUT2D eigenvalue weighted by Gasteiger charge is -2.48. The van der Waals surface area contributed by atoms with E-state index >= 15 is 0 Å². The van der Waals surface area contributed by atoms with Crippen molar-refractivity contribution in [2.75, 3.05) is 18.0 Å². The standard InChI is InChI=1S/C16H22Br2N2/c1-2-12-10-19-16(8-3-4-9-16)11-20(12)15-13(17)6-5-7-14(15)18/h5-7,12,19H,2-4,8-11H2,1H3. The van der Waals surface area contributed by atoms with Crippen molar-refractivity contribution in [3.05, 3.63) is 27.1 Å². The maximum Gasteiger partial charge on any atom is 0.0658 e. The molecular formula is C16H22Br2N2. The van der Waals surface area contributed by atoms with E-state index in [1.807, 2.05) is 0 Å². The molecular weight excluding hydrogens is 380 g/mol. The van der Waals surface area contributed by atoms with Crippen LogP contribution in [0.3, 0.4) is 0 Å². The van der Waals surface area contributed by atoms with Crippen molar-refractivity contribution in [2.45, 2.75) is 50.6 Å². The molecule has 1 spiro atoms. The first-order chi connectivity index (χ1) is 9.65. The quantitative estimate of drug-likeness (QED) is 0.771. The molecule has 2 aliphatic rings. The molecule has 1 saturated heterocycles. The zero-order valence-electron chi connectivity index (χ0n) is 12.0. The number of halogens is 2. The Kier molecular flexibility index (Phi) is 4.44. The molecule has 2 fully saturated rings. The topological polar surface area (TPSA) is 15.3 Å². The minimum Gasteiger partial charge on any atom is -0.364 e. The molecule has 4 heteroatoms. The van der Waals surface area contributed by atoms with Crippen molar-refractivity contribution in [2.24, 2.45) is 0 Å². The summed E-state index contributed by atoms with van der Waals surface area (Å²) >= 11 is 7.49. The number of rotatable bonds is 2. The maximum atomic E-state index is 3.86. The van der Waals surface area contributed by atoms with Crippen molar-refractivity contribution in [1.29, 1.82) is 0 Å².